The molecule has 4 rings (SSSR count). The van der Waals surface area contributed by atoms with Crippen molar-refractivity contribution in [3.8, 4) is 11.4 Å². The molecule has 7 heteroatoms. The summed E-state index contributed by atoms with van der Waals surface area (Å²) in [6.07, 6.45) is 6.36. The maximum atomic E-state index is 12.4. The highest BCUT2D eigenvalue weighted by Gasteiger charge is 2.24. The fourth-order valence-corrected chi connectivity index (χ4v) is 3.83. The van der Waals surface area contributed by atoms with Crippen molar-refractivity contribution in [2.45, 2.75) is 19.3 Å². The van der Waals surface area contributed by atoms with Crippen molar-refractivity contribution in [1.29, 1.82) is 0 Å². The van der Waals surface area contributed by atoms with Crippen LogP contribution in [0.3, 0.4) is 0 Å². The molecule has 1 aliphatic rings. The van der Waals surface area contributed by atoms with Crippen LogP contribution in [0.15, 0.2) is 41.4 Å². The largest absolute Gasteiger partial charge is 0.339 e. The SMILES string of the molecule is O=C(c1ccsc1)N1CCC(Cc2nc(-c3ccncc3)n[nH]2)CC1. The van der Waals surface area contributed by atoms with E-state index in [1.54, 1.807) is 23.7 Å². The van der Waals surface area contributed by atoms with Crippen LogP contribution < -0.4 is 0 Å². The monoisotopic (exact) mass is 353 g/mol. The summed E-state index contributed by atoms with van der Waals surface area (Å²) in [6, 6.07) is 5.71. The first-order chi connectivity index (χ1) is 12.3. The summed E-state index contributed by atoms with van der Waals surface area (Å²) in [4.78, 5) is 23.0. The standard InChI is InChI=1S/C18H19N5OS/c24-18(15-5-10-25-12-15)23-8-3-13(4-9-23)11-16-20-17(22-21-16)14-1-6-19-7-2-14/h1-2,5-7,10,12-13H,3-4,8-9,11H2,(H,20,21,22). The van der Waals surface area contributed by atoms with E-state index in [1.165, 1.54) is 0 Å². The zero-order chi connectivity index (χ0) is 17.1. The van der Waals surface area contributed by atoms with Gasteiger partial charge in [0.2, 0.25) is 0 Å². The second-order valence-corrected chi connectivity index (χ2v) is 7.07. The number of aromatic amines is 1. The second kappa shape index (κ2) is 7.14. The number of carbonyl (C=O) groups is 1. The van der Waals surface area contributed by atoms with E-state index in [4.69, 9.17) is 0 Å². The van der Waals surface area contributed by atoms with Gasteiger partial charge in [-0.25, -0.2) is 4.98 Å². The number of rotatable bonds is 4. The lowest BCUT2D eigenvalue weighted by Gasteiger charge is -2.31. The average molecular weight is 353 g/mol. The minimum atomic E-state index is 0.152. The molecule has 1 amide bonds. The van der Waals surface area contributed by atoms with E-state index in [2.05, 4.69) is 20.2 Å². The fraction of sp³-hybridized carbons (Fsp3) is 0.333. The Morgan fingerprint density at radius 2 is 2.04 bits per heavy atom. The van der Waals surface area contributed by atoms with Gasteiger partial charge in [0.1, 0.15) is 5.82 Å². The van der Waals surface area contributed by atoms with Crippen molar-refractivity contribution >= 4 is 17.2 Å². The number of piperidine rings is 1. The molecule has 4 heterocycles. The Hall–Kier alpha value is -2.54. The first-order valence-electron chi connectivity index (χ1n) is 8.43. The highest BCUT2D eigenvalue weighted by atomic mass is 32.1. The van der Waals surface area contributed by atoms with Gasteiger partial charge in [0, 0.05) is 42.8 Å². The van der Waals surface area contributed by atoms with E-state index in [0.717, 1.165) is 49.3 Å². The van der Waals surface area contributed by atoms with Crippen molar-refractivity contribution in [3.05, 3.63) is 52.7 Å². The molecule has 0 unspecified atom stereocenters. The number of thiophene rings is 1. The number of nitrogens with one attached hydrogen (secondary N) is 1. The van der Waals surface area contributed by atoms with Gasteiger partial charge in [-0.1, -0.05) is 0 Å². The van der Waals surface area contributed by atoms with E-state index >= 15 is 0 Å². The number of hydrogen-bond acceptors (Lipinski definition) is 5. The number of H-pyrrole nitrogens is 1. The number of aromatic nitrogens is 4. The number of carbonyl (C=O) groups excluding carboxylic acids is 1. The summed E-state index contributed by atoms with van der Waals surface area (Å²) < 4.78 is 0. The molecule has 0 saturated carbocycles. The summed E-state index contributed by atoms with van der Waals surface area (Å²) >= 11 is 1.56. The van der Waals surface area contributed by atoms with Crippen LogP contribution in [0.5, 0.6) is 0 Å². The van der Waals surface area contributed by atoms with Crippen LogP contribution in [-0.4, -0.2) is 44.1 Å². The lowest BCUT2D eigenvalue weighted by molar-refractivity contribution is 0.0690. The molecule has 0 atom stereocenters. The average Bonchev–Trinajstić information content (AvgIpc) is 3.35. The van der Waals surface area contributed by atoms with Crippen molar-refractivity contribution in [2.24, 2.45) is 5.92 Å². The second-order valence-electron chi connectivity index (χ2n) is 6.29. The third kappa shape index (κ3) is 3.61. The van der Waals surface area contributed by atoms with Crippen molar-refractivity contribution < 1.29 is 4.79 Å². The molecule has 128 valence electrons. The lowest BCUT2D eigenvalue weighted by Crippen LogP contribution is -2.38. The van der Waals surface area contributed by atoms with Gasteiger partial charge >= 0.3 is 0 Å². The summed E-state index contributed by atoms with van der Waals surface area (Å²) in [5.41, 5.74) is 1.77. The summed E-state index contributed by atoms with van der Waals surface area (Å²) in [6.45, 7) is 1.62. The molecule has 0 aromatic carbocycles. The molecule has 3 aromatic rings. The minimum Gasteiger partial charge on any atom is -0.339 e. The van der Waals surface area contributed by atoms with E-state index in [-0.39, 0.29) is 5.91 Å². The molecule has 25 heavy (non-hydrogen) atoms. The Labute approximate surface area is 149 Å². The van der Waals surface area contributed by atoms with Gasteiger partial charge in [0.25, 0.3) is 5.91 Å². The molecule has 1 N–H and O–H groups in total. The Morgan fingerprint density at radius 3 is 2.76 bits per heavy atom. The van der Waals surface area contributed by atoms with Gasteiger partial charge < -0.3 is 4.90 Å². The minimum absolute atomic E-state index is 0.152. The molecular weight excluding hydrogens is 334 g/mol. The molecule has 1 saturated heterocycles. The number of pyridine rings is 1. The van der Waals surface area contributed by atoms with Crippen molar-refractivity contribution in [3.63, 3.8) is 0 Å². The number of amides is 1. The van der Waals surface area contributed by atoms with Crippen LogP contribution in [0, 0.1) is 5.92 Å². The topological polar surface area (TPSA) is 74.8 Å². The number of hydrogen-bond donors (Lipinski definition) is 1. The van der Waals surface area contributed by atoms with E-state index in [1.807, 2.05) is 33.9 Å². The summed E-state index contributed by atoms with van der Waals surface area (Å²) in [5, 5.41) is 11.2. The zero-order valence-electron chi connectivity index (χ0n) is 13.8. The Morgan fingerprint density at radius 1 is 1.24 bits per heavy atom. The smallest absolute Gasteiger partial charge is 0.254 e. The normalized spacial score (nSPS) is 15.4. The first kappa shape index (κ1) is 16.0. The van der Waals surface area contributed by atoms with E-state index in [9.17, 15) is 4.79 Å². The number of likely N-dealkylation sites (tertiary alicyclic amines) is 1. The molecular formula is C18H19N5OS. The van der Waals surface area contributed by atoms with Crippen LogP contribution in [0.1, 0.15) is 29.0 Å². The van der Waals surface area contributed by atoms with Gasteiger partial charge in [-0.3, -0.25) is 14.9 Å². The molecule has 1 aliphatic heterocycles. The van der Waals surface area contributed by atoms with Gasteiger partial charge in [-0.05, 0) is 42.3 Å². The van der Waals surface area contributed by atoms with Crippen LogP contribution in [-0.2, 0) is 6.42 Å². The molecule has 0 bridgehead atoms. The maximum absolute atomic E-state index is 12.4. The first-order valence-corrected chi connectivity index (χ1v) is 9.37. The molecule has 0 aliphatic carbocycles. The summed E-state index contributed by atoms with van der Waals surface area (Å²) in [5.74, 6) is 2.31. The van der Waals surface area contributed by atoms with Crippen molar-refractivity contribution in [2.75, 3.05) is 13.1 Å². The quantitative estimate of drug-likeness (QED) is 0.782. The molecule has 6 nitrogen and oxygen atoms in total. The van der Waals surface area contributed by atoms with Crippen LogP contribution in [0.4, 0.5) is 0 Å². The van der Waals surface area contributed by atoms with Crippen LogP contribution in [0.2, 0.25) is 0 Å². The Bertz CT molecular complexity index is 822. The Kier molecular flexibility index (Phi) is 4.56. The zero-order valence-corrected chi connectivity index (χ0v) is 14.6. The predicted molar refractivity (Wildman–Crippen MR) is 96.3 cm³/mol. The van der Waals surface area contributed by atoms with Gasteiger partial charge in [-0.15, -0.1) is 0 Å². The third-order valence-corrected chi connectivity index (χ3v) is 5.31. The molecule has 1 fully saturated rings. The number of nitrogens with zero attached hydrogens (tertiary/aromatic N) is 4. The van der Waals surface area contributed by atoms with Gasteiger partial charge in [-0.2, -0.15) is 16.4 Å². The maximum Gasteiger partial charge on any atom is 0.254 e. The van der Waals surface area contributed by atoms with Crippen LogP contribution >= 0.6 is 11.3 Å². The van der Waals surface area contributed by atoms with E-state index in [0.29, 0.717) is 11.7 Å². The predicted octanol–water partition coefficient (Wildman–Crippen LogP) is 3.02. The van der Waals surface area contributed by atoms with Crippen molar-refractivity contribution in [1.82, 2.24) is 25.1 Å². The highest BCUT2D eigenvalue weighted by molar-refractivity contribution is 7.08. The molecule has 0 radical (unpaired) electrons. The Balaban J connectivity index is 1.33. The van der Waals surface area contributed by atoms with E-state index < -0.39 is 0 Å². The van der Waals surface area contributed by atoms with Crippen LogP contribution in [0.25, 0.3) is 11.4 Å². The third-order valence-electron chi connectivity index (χ3n) is 4.62. The highest BCUT2D eigenvalue weighted by Crippen LogP contribution is 2.23. The lowest BCUT2D eigenvalue weighted by atomic mass is 9.93. The molecule has 0 spiro atoms. The summed E-state index contributed by atoms with van der Waals surface area (Å²) in [7, 11) is 0. The molecule has 3 aromatic heterocycles. The van der Waals surface area contributed by atoms with Gasteiger partial charge in [0.15, 0.2) is 5.82 Å². The fourth-order valence-electron chi connectivity index (χ4n) is 3.20. The van der Waals surface area contributed by atoms with Gasteiger partial charge in [0.05, 0.1) is 5.56 Å².